The number of carbonyl (C=O) groups is 2. The lowest BCUT2D eigenvalue weighted by Crippen LogP contribution is -2.43. The van der Waals surface area contributed by atoms with Crippen molar-refractivity contribution in [2.75, 3.05) is 24.2 Å². The second-order valence-electron chi connectivity index (χ2n) is 7.56. The van der Waals surface area contributed by atoms with Gasteiger partial charge < -0.3 is 15.0 Å². The standard InChI is InChI=1S/C22H25N3O5S/c1-4-30-17-8-5-15(6-9-17)23-22(27)21-18-11-16(25(28)29)7-10-19(18)31-13-20(26)24(21)12-14(2)3/h5-11,14,21H,4,12-13H2,1-3H3,(H,23,27). The van der Waals surface area contributed by atoms with Gasteiger partial charge in [-0.25, -0.2) is 0 Å². The number of nitrogens with zero attached hydrogens (tertiary/aromatic N) is 2. The zero-order chi connectivity index (χ0) is 22.5. The van der Waals surface area contributed by atoms with Gasteiger partial charge in [0.2, 0.25) is 5.91 Å². The highest BCUT2D eigenvalue weighted by Crippen LogP contribution is 2.38. The zero-order valence-corrected chi connectivity index (χ0v) is 18.5. The summed E-state index contributed by atoms with van der Waals surface area (Å²) < 4.78 is 5.42. The summed E-state index contributed by atoms with van der Waals surface area (Å²) in [7, 11) is 0. The summed E-state index contributed by atoms with van der Waals surface area (Å²) in [5.41, 5.74) is 0.903. The lowest BCUT2D eigenvalue weighted by Gasteiger charge is -2.31. The van der Waals surface area contributed by atoms with E-state index >= 15 is 0 Å². The zero-order valence-electron chi connectivity index (χ0n) is 17.7. The highest BCUT2D eigenvalue weighted by Gasteiger charge is 2.37. The minimum Gasteiger partial charge on any atom is -0.494 e. The van der Waals surface area contributed by atoms with Gasteiger partial charge in [-0.15, -0.1) is 11.8 Å². The molecule has 164 valence electrons. The number of fused-ring (bicyclic) bond motifs is 1. The van der Waals surface area contributed by atoms with Gasteiger partial charge in [-0.05, 0) is 43.2 Å². The van der Waals surface area contributed by atoms with Crippen LogP contribution in [0.3, 0.4) is 0 Å². The van der Waals surface area contributed by atoms with Crippen molar-refractivity contribution in [3.8, 4) is 5.75 Å². The van der Waals surface area contributed by atoms with Crippen LogP contribution in [-0.4, -0.2) is 40.5 Å². The Labute approximate surface area is 185 Å². The quantitative estimate of drug-likeness (QED) is 0.507. The van der Waals surface area contributed by atoms with E-state index in [-0.39, 0.29) is 23.3 Å². The molecule has 0 radical (unpaired) electrons. The molecule has 0 fully saturated rings. The van der Waals surface area contributed by atoms with Crippen LogP contribution in [0, 0.1) is 16.0 Å². The van der Waals surface area contributed by atoms with E-state index in [4.69, 9.17) is 4.74 Å². The number of nitro groups is 1. The lowest BCUT2D eigenvalue weighted by atomic mass is 10.0. The molecule has 1 N–H and O–H groups in total. The number of hydrogen-bond donors (Lipinski definition) is 1. The largest absolute Gasteiger partial charge is 0.494 e. The summed E-state index contributed by atoms with van der Waals surface area (Å²) in [6.07, 6.45) is 0. The Morgan fingerprint density at radius 1 is 1.29 bits per heavy atom. The molecule has 31 heavy (non-hydrogen) atoms. The van der Waals surface area contributed by atoms with Crippen molar-refractivity contribution in [1.29, 1.82) is 0 Å². The van der Waals surface area contributed by atoms with Crippen LogP contribution in [0.4, 0.5) is 11.4 Å². The number of nitrogens with one attached hydrogen (secondary N) is 1. The predicted octanol–water partition coefficient (Wildman–Crippen LogP) is 4.26. The first kappa shape index (κ1) is 22.6. The number of benzene rings is 2. The van der Waals surface area contributed by atoms with E-state index in [1.807, 2.05) is 20.8 Å². The monoisotopic (exact) mass is 443 g/mol. The Balaban J connectivity index is 2.00. The number of rotatable bonds is 7. The van der Waals surface area contributed by atoms with E-state index in [0.717, 1.165) is 0 Å². The maximum Gasteiger partial charge on any atom is 0.269 e. The van der Waals surface area contributed by atoms with Gasteiger partial charge in [-0.1, -0.05) is 13.8 Å². The molecule has 2 aromatic carbocycles. The second kappa shape index (κ2) is 9.82. The van der Waals surface area contributed by atoms with E-state index in [2.05, 4.69) is 5.32 Å². The number of nitro benzene ring substituents is 1. The first-order chi connectivity index (χ1) is 14.8. The van der Waals surface area contributed by atoms with Gasteiger partial charge in [-0.2, -0.15) is 0 Å². The van der Waals surface area contributed by atoms with Crippen LogP contribution in [-0.2, 0) is 9.59 Å². The number of hydrogen-bond acceptors (Lipinski definition) is 6. The Bertz CT molecular complexity index is 978. The summed E-state index contributed by atoms with van der Waals surface area (Å²) in [6.45, 7) is 6.70. The molecule has 1 atom stereocenters. The van der Waals surface area contributed by atoms with Crippen LogP contribution in [0.2, 0.25) is 0 Å². The Kier molecular flexibility index (Phi) is 7.17. The Morgan fingerprint density at radius 3 is 2.61 bits per heavy atom. The molecule has 1 unspecified atom stereocenters. The van der Waals surface area contributed by atoms with E-state index in [9.17, 15) is 19.7 Å². The first-order valence-electron chi connectivity index (χ1n) is 10.0. The summed E-state index contributed by atoms with van der Waals surface area (Å²) >= 11 is 1.29. The third-order valence-electron chi connectivity index (χ3n) is 4.72. The molecule has 2 aromatic rings. The normalized spacial score (nSPS) is 15.9. The van der Waals surface area contributed by atoms with Crippen molar-refractivity contribution in [3.63, 3.8) is 0 Å². The molecule has 8 nitrogen and oxygen atoms in total. The molecule has 0 saturated heterocycles. The van der Waals surface area contributed by atoms with Gasteiger partial charge in [0.15, 0.2) is 0 Å². The van der Waals surface area contributed by atoms with E-state index in [1.165, 1.54) is 28.8 Å². The average Bonchev–Trinajstić information content (AvgIpc) is 2.85. The number of ether oxygens (including phenoxy) is 1. The van der Waals surface area contributed by atoms with Gasteiger partial charge in [0.25, 0.3) is 11.6 Å². The fourth-order valence-electron chi connectivity index (χ4n) is 3.42. The molecular weight excluding hydrogens is 418 g/mol. The van der Waals surface area contributed by atoms with Crippen LogP contribution >= 0.6 is 11.8 Å². The number of non-ortho nitro benzene ring substituents is 1. The number of carbonyl (C=O) groups excluding carboxylic acids is 2. The number of anilines is 1. The van der Waals surface area contributed by atoms with Crippen LogP contribution in [0.5, 0.6) is 5.75 Å². The molecule has 0 spiro atoms. The second-order valence-corrected chi connectivity index (χ2v) is 8.57. The smallest absolute Gasteiger partial charge is 0.269 e. The molecule has 9 heteroatoms. The van der Waals surface area contributed by atoms with Crippen molar-refractivity contribution < 1.29 is 19.2 Å². The van der Waals surface area contributed by atoms with Gasteiger partial charge in [-0.3, -0.25) is 19.7 Å². The maximum atomic E-state index is 13.4. The molecule has 0 aliphatic carbocycles. The van der Waals surface area contributed by atoms with Crippen molar-refractivity contribution >= 4 is 35.0 Å². The molecule has 1 heterocycles. The van der Waals surface area contributed by atoms with Crippen molar-refractivity contribution in [2.45, 2.75) is 31.7 Å². The van der Waals surface area contributed by atoms with Gasteiger partial charge in [0.1, 0.15) is 11.8 Å². The third kappa shape index (κ3) is 5.35. The lowest BCUT2D eigenvalue weighted by molar-refractivity contribution is -0.385. The minimum absolute atomic E-state index is 0.114. The summed E-state index contributed by atoms with van der Waals surface area (Å²) in [5.74, 6) is 0.385. The molecule has 1 aliphatic heterocycles. The summed E-state index contributed by atoms with van der Waals surface area (Å²) in [5, 5.41) is 14.2. The van der Waals surface area contributed by atoms with Gasteiger partial charge in [0, 0.05) is 34.8 Å². The van der Waals surface area contributed by atoms with Gasteiger partial charge in [0.05, 0.1) is 17.3 Å². The Hall–Kier alpha value is -3.07. The summed E-state index contributed by atoms with van der Waals surface area (Å²) in [4.78, 5) is 39.4. The molecular formula is C22H25N3O5S. The molecule has 0 aromatic heterocycles. The van der Waals surface area contributed by atoms with Crippen molar-refractivity contribution in [3.05, 3.63) is 58.1 Å². The fraction of sp³-hybridized carbons (Fsp3) is 0.364. The molecule has 0 saturated carbocycles. The SMILES string of the molecule is CCOc1ccc(NC(=O)C2c3cc([N+](=O)[O-])ccc3SCC(=O)N2CC(C)C)cc1. The number of amides is 2. The van der Waals surface area contributed by atoms with E-state index < -0.39 is 16.9 Å². The van der Waals surface area contributed by atoms with Crippen molar-refractivity contribution in [1.82, 2.24) is 4.90 Å². The first-order valence-corrected chi connectivity index (χ1v) is 11.0. The maximum absolute atomic E-state index is 13.4. The van der Waals surface area contributed by atoms with Crippen LogP contribution in [0.1, 0.15) is 32.4 Å². The molecule has 2 amide bonds. The van der Waals surface area contributed by atoms with Crippen molar-refractivity contribution in [2.24, 2.45) is 5.92 Å². The van der Waals surface area contributed by atoms with E-state index in [0.29, 0.717) is 35.0 Å². The highest BCUT2D eigenvalue weighted by molar-refractivity contribution is 8.00. The third-order valence-corrected chi connectivity index (χ3v) is 5.80. The van der Waals surface area contributed by atoms with Crippen LogP contribution in [0.25, 0.3) is 0 Å². The molecule has 3 rings (SSSR count). The molecule has 1 aliphatic rings. The summed E-state index contributed by atoms with van der Waals surface area (Å²) in [6, 6.07) is 10.4. The van der Waals surface area contributed by atoms with E-state index in [1.54, 1.807) is 30.3 Å². The number of thioether (sulfide) groups is 1. The molecule has 0 bridgehead atoms. The Morgan fingerprint density at radius 2 is 2.00 bits per heavy atom. The average molecular weight is 444 g/mol. The topological polar surface area (TPSA) is 102 Å². The predicted molar refractivity (Wildman–Crippen MR) is 119 cm³/mol. The minimum atomic E-state index is -0.966. The fourth-order valence-corrected chi connectivity index (χ4v) is 4.37. The van der Waals surface area contributed by atoms with Crippen LogP contribution in [0.15, 0.2) is 47.4 Å². The van der Waals surface area contributed by atoms with Crippen LogP contribution < -0.4 is 10.1 Å². The van der Waals surface area contributed by atoms with Gasteiger partial charge >= 0.3 is 0 Å². The highest BCUT2D eigenvalue weighted by atomic mass is 32.2.